The highest BCUT2D eigenvalue weighted by molar-refractivity contribution is 7.22. The first kappa shape index (κ1) is 17.0. The number of ether oxygens (including phenoxy) is 2. The molecule has 1 aliphatic rings. The van der Waals surface area contributed by atoms with Crippen LogP contribution in [0.2, 0.25) is 0 Å². The second-order valence-corrected chi connectivity index (χ2v) is 7.13. The summed E-state index contributed by atoms with van der Waals surface area (Å²) in [5.41, 5.74) is 1.70. The van der Waals surface area contributed by atoms with Crippen LogP contribution in [-0.4, -0.2) is 30.7 Å². The summed E-state index contributed by atoms with van der Waals surface area (Å²) in [6, 6.07) is 15.5. The van der Waals surface area contributed by atoms with Crippen molar-refractivity contribution in [1.82, 2.24) is 4.98 Å². The van der Waals surface area contributed by atoms with Gasteiger partial charge in [0, 0.05) is 6.61 Å². The van der Waals surface area contributed by atoms with Gasteiger partial charge in [0.25, 0.3) is 0 Å². The zero-order chi connectivity index (χ0) is 17.9. The minimum absolute atomic E-state index is 0.0331. The van der Waals surface area contributed by atoms with Crippen LogP contribution in [0.3, 0.4) is 0 Å². The summed E-state index contributed by atoms with van der Waals surface area (Å²) >= 11 is 1.52. The quantitative estimate of drug-likeness (QED) is 0.670. The molecule has 134 valence electrons. The number of thiazole rings is 1. The van der Waals surface area contributed by atoms with Crippen LogP contribution in [0, 0.1) is 5.92 Å². The predicted molar refractivity (Wildman–Crippen MR) is 103 cm³/mol. The number of carbonyl (C=O) groups is 1. The minimum atomic E-state index is -0.131. The monoisotopic (exact) mass is 368 g/mol. The van der Waals surface area contributed by atoms with Crippen molar-refractivity contribution < 1.29 is 14.3 Å². The topological polar surface area (TPSA) is 51.7 Å². The van der Waals surface area contributed by atoms with E-state index >= 15 is 0 Å². The summed E-state index contributed by atoms with van der Waals surface area (Å²) in [4.78, 5) is 19.6. The molecule has 1 unspecified atom stereocenters. The number of benzene rings is 2. The van der Waals surface area contributed by atoms with Crippen LogP contribution in [0.1, 0.15) is 13.3 Å². The normalized spacial score (nSPS) is 16.7. The number of para-hydroxylation sites is 1. The summed E-state index contributed by atoms with van der Waals surface area (Å²) in [5, 5.41) is 0.687. The molecular formula is C20H20N2O3S. The van der Waals surface area contributed by atoms with Crippen LogP contribution in [0.15, 0.2) is 48.5 Å². The Kier molecular flexibility index (Phi) is 4.86. The molecule has 1 aromatic heterocycles. The van der Waals surface area contributed by atoms with Gasteiger partial charge in [-0.25, -0.2) is 4.98 Å². The van der Waals surface area contributed by atoms with Gasteiger partial charge in [0.1, 0.15) is 5.75 Å². The highest BCUT2D eigenvalue weighted by Crippen LogP contribution is 2.36. The van der Waals surface area contributed by atoms with Crippen LogP contribution in [-0.2, 0) is 9.53 Å². The van der Waals surface area contributed by atoms with Gasteiger partial charge in [0.05, 0.1) is 35.0 Å². The van der Waals surface area contributed by atoms with Crippen LogP contribution < -0.4 is 9.64 Å². The van der Waals surface area contributed by atoms with Crippen LogP contribution in [0.5, 0.6) is 5.75 Å². The molecule has 1 amide bonds. The van der Waals surface area contributed by atoms with Gasteiger partial charge in [-0.15, -0.1) is 0 Å². The van der Waals surface area contributed by atoms with E-state index in [-0.39, 0.29) is 11.8 Å². The van der Waals surface area contributed by atoms with E-state index in [1.807, 2.05) is 55.5 Å². The Labute approximate surface area is 156 Å². The fourth-order valence-electron chi connectivity index (χ4n) is 3.06. The summed E-state index contributed by atoms with van der Waals surface area (Å²) in [6.45, 7) is 3.66. The maximum atomic E-state index is 13.2. The smallest absolute Gasteiger partial charge is 0.238 e. The summed E-state index contributed by atoms with van der Waals surface area (Å²) in [6.07, 6.45) is 0.747. The molecule has 5 nitrogen and oxygen atoms in total. The molecule has 26 heavy (non-hydrogen) atoms. The van der Waals surface area contributed by atoms with E-state index in [0.717, 1.165) is 28.1 Å². The van der Waals surface area contributed by atoms with Gasteiger partial charge in [-0.1, -0.05) is 23.5 Å². The van der Waals surface area contributed by atoms with Crippen LogP contribution >= 0.6 is 11.3 Å². The van der Waals surface area contributed by atoms with E-state index in [1.54, 1.807) is 4.90 Å². The predicted octanol–water partition coefficient (Wildman–Crippen LogP) is 4.40. The molecule has 0 saturated carbocycles. The van der Waals surface area contributed by atoms with Gasteiger partial charge in [-0.3, -0.25) is 9.69 Å². The molecule has 1 aliphatic heterocycles. The Hall–Kier alpha value is -2.44. The molecule has 0 aliphatic carbocycles. The maximum absolute atomic E-state index is 13.2. The highest BCUT2D eigenvalue weighted by Gasteiger charge is 2.31. The summed E-state index contributed by atoms with van der Waals surface area (Å²) < 4.78 is 12.0. The third-order valence-electron chi connectivity index (χ3n) is 4.38. The van der Waals surface area contributed by atoms with Crippen molar-refractivity contribution in [2.24, 2.45) is 5.92 Å². The van der Waals surface area contributed by atoms with Crippen LogP contribution in [0.4, 0.5) is 10.8 Å². The first-order valence-corrected chi connectivity index (χ1v) is 9.58. The van der Waals surface area contributed by atoms with E-state index < -0.39 is 0 Å². The average Bonchev–Trinajstić information content (AvgIpc) is 3.33. The maximum Gasteiger partial charge on any atom is 0.238 e. The van der Waals surface area contributed by atoms with E-state index in [0.29, 0.717) is 25.0 Å². The third kappa shape index (κ3) is 3.30. The van der Waals surface area contributed by atoms with Crippen molar-refractivity contribution in [2.45, 2.75) is 13.3 Å². The Morgan fingerprint density at radius 1 is 1.27 bits per heavy atom. The molecule has 1 atom stereocenters. The molecule has 0 N–H and O–H groups in total. The van der Waals surface area contributed by atoms with Gasteiger partial charge < -0.3 is 9.47 Å². The number of nitrogens with zero attached hydrogens (tertiary/aromatic N) is 2. The number of hydrogen-bond acceptors (Lipinski definition) is 5. The van der Waals surface area contributed by atoms with E-state index in [1.165, 1.54) is 11.3 Å². The molecule has 1 fully saturated rings. The molecule has 3 aromatic rings. The molecule has 0 spiro atoms. The molecular weight excluding hydrogens is 348 g/mol. The number of aromatic nitrogens is 1. The lowest BCUT2D eigenvalue weighted by Crippen LogP contribution is -2.32. The van der Waals surface area contributed by atoms with Crippen molar-refractivity contribution >= 4 is 38.3 Å². The van der Waals surface area contributed by atoms with Gasteiger partial charge in [-0.05, 0) is 49.7 Å². The van der Waals surface area contributed by atoms with Gasteiger partial charge in [0.15, 0.2) is 5.13 Å². The van der Waals surface area contributed by atoms with Gasteiger partial charge >= 0.3 is 0 Å². The number of hydrogen-bond donors (Lipinski definition) is 0. The Morgan fingerprint density at radius 3 is 2.77 bits per heavy atom. The van der Waals surface area contributed by atoms with E-state index in [9.17, 15) is 4.79 Å². The van der Waals surface area contributed by atoms with E-state index in [2.05, 4.69) is 0 Å². The van der Waals surface area contributed by atoms with Crippen molar-refractivity contribution in [1.29, 1.82) is 0 Å². The van der Waals surface area contributed by atoms with E-state index in [4.69, 9.17) is 14.5 Å². The fraction of sp³-hybridized carbons (Fsp3) is 0.300. The summed E-state index contributed by atoms with van der Waals surface area (Å²) in [5.74, 6) is 0.691. The zero-order valence-corrected chi connectivity index (χ0v) is 15.4. The minimum Gasteiger partial charge on any atom is -0.494 e. The Morgan fingerprint density at radius 2 is 2.08 bits per heavy atom. The standard InChI is InChI=1S/C20H20N2O3S/c1-2-25-16-9-7-15(8-10-16)22(19(23)14-11-12-24-13-14)20-21-17-5-3-4-6-18(17)26-20/h3-10,14H,2,11-13H2,1H3. The number of rotatable bonds is 5. The number of fused-ring (bicyclic) bond motifs is 1. The Balaban J connectivity index is 1.74. The summed E-state index contributed by atoms with van der Waals surface area (Å²) in [7, 11) is 0. The van der Waals surface area contributed by atoms with Crippen molar-refractivity contribution in [3.8, 4) is 5.75 Å². The lowest BCUT2D eigenvalue weighted by molar-refractivity contribution is -0.121. The first-order chi connectivity index (χ1) is 12.8. The van der Waals surface area contributed by atoms with Crippen molar-refractivity contribution in [3.63, 3.8) is 0 Å². The average molecular weight is 368 g/mol. The van der Waals surface area contributed by atoms with Gasteiger partial charge in [-0.2, -0.15) is 0 Å². The second-order valence-electron chi connectivity index (χ2n) is 6.13. The molecule has 4 rings (SSSR count). The molecule has 1 saturated heterocycles. The second kappa shape index (κ2) is 7.43. The largest absolute Gasteiger partial charge is 0.494 e. The fourth-order valence-corrected chi connectivity index (χ4v) is 4.05. The van der Waals surface area contributed by atoms with Gasteiger partial charge in [0.2, 0.25) is 5.91 Å². The lowest BCUT2D eigenvalue weighted by Gasteiger charge is -2.23. The molecule has 2 heterocycles. The van der Waals surface area contributed by atoms with Crippen molar-refractivity contribution in [2.75, 3.05) is 24.7 Å². The number of carbonyl (C=O) groups excluding carboxylic acids is 1. The molecule has 6 heteroatoms. The highest BCUT2D eigenvalue weighted by atomic mass is 32.1. The van der Waals surface area contributed by atoms with Crippen molar-refractivity contribution in [3.05, 3.63) is 48.5 Å². The molecule has 0 bridgehead atoms. The SMILES string of the molecule is CCOc1ccc(N(C(=O)C2CCOC2)c2nc3ccccc3s2)cc1. The molecule has 0 radical (unpaired) electrons. The lowest BCUT2D eigenvalue weighted by atomic mass is 10.1. The zero-order valence-electron chi connectivity index (χ0n) is 14.6. The number of anilines is 2. The Bertz CT molecular complexity index is 868. The number of amides is 1. The first-order valence-electron chi connectivity index (χ1n) is 8.76. The molecule has 2 aromatic carbocycles. The van der Waals surface area contributed by atoms with Crippen LogP contribution in [0.25, 0.3) is 10.2 Å². The third-order valence-corrected chi connectivity index (χ3v) is 5.40.